The van der Waals surface area contributed by atoms with Crippen LogP contribution >= 0.6 is 11.8 Å². The van der Waals surface area contributed by atoms with E-state index in [4.69, 9.17) is 4.74 Å². The number of esters is 1. The molecule has 0 aliphatic heterocycles. The number of carbonyl (C=O) groups excluding carboxylic acids is 1. The van der Waals surface area contributed by atoms with Crippen molar-refractivity contribution in [2.24, 2.45) is 28.1 Å². The van der Waals surface area contributed by atoms with Crippen LogP contribution in [0.1, 0.15) is 59.3 Å². The maximum absolute atomic E-state index is 12.6. The van der Waals surface area contributed by atoms with E-state index in [2.05, 4.69) is 19.9 Å². The zero-order chi connectivity index (χ0) is 19.3. The fourth-order valence-electron chi connectivity index (χ4n) is 6.37. The normalized spacial score (nSPS) is 45.1. The number of thioether (sulfide) groups is 1. The van der Waals surface area contributed by atoms with Crippen LogP contribution in [-0.2, 0) is 14.3 Å². The molecule has 0 aromatic rings. The maximum Gasteiger partial charge on any atom is 0.311 e. The monoisotopic (exact) mass is 380 g/mol. The molecule has 3 aliphatic carbocycles. The quantitative estimate of drug-likeness (QED) is 0.575. The van der Waals surface area contributed by atoms with Crippen molar-refractivity contribution in [1.29, 1.82) is 0 Å². The first-order valence-electron chi connectivity index (χ1n) is 9.70. The zero-order valence-electron chi connectivity index (χ0n) is 16.6. The van der Waals surface area contributed by atoms with E-state index in [0.717, 1.165) is 32.1 Å². The lowest BCUT2D eigenvalue weighted by atomic mass is 9.46. The molecule has 26 heavy (non-hydrogen) atoms. The number of aliphatic carboxylic acids is 1. The molecule has 0 spiro atoms. The lowest BCUT2D eigenvalue weighted by molar-refractivity contribution is -0.164. The van der Waals surface area contributed by atoms with Crippen molar-refractivity contribution in [2.75, 3.05) is 13.4 Å². The molecule has 0 aromatic heterocycles. The molecule has 1 N–H and O–H groups in total. The highest BCUT2D eigenvalue weighted by Gasteiger charge is 2.59. The summed E-state index contributed by atoms with van der Waals surface area (Å²) in [7, 11) is 1.49. The Hall–Kier alpha value is -0.970. The summed E-state index contributed by atoms with van der Waals surface area (Å²) >= 11 is 1.64. The van der Waals surface area contributed by atoms with E-state index in [9.17, 15) is 14.7 Å². The van der Waals surface area contributed by atoms with E-state index in [1.165, 1.54) is 12.7 Å². The van der Waals surface area contributed by atoms with Crippen LogP contribution in [0, 0.1) is 28.1 Å². The van der Waals surface area contributed by atoms with Gasteiger partial charge in [0.05, 0.1) is 17.9 Å². The molecular formula is C21H32O4S. The average Bonchev–Trinajstić information content (AvgIpc) is 2.60. The number of hydrogen-bond donors (Lipinski definition) is 1. The fraction of sp³-hybridized carbons (Fsp3) is 0.810. The molecule has 4 nitrogen and oxygen atoms in total. The molecule has 0 amide bonds. The van der Waals surface area contributed by atoms with Gasteiger partial charge in [-0.1, -0.05) is 25.0 Å². The van der Waals surface area contributed by atoms with Gasteiger partial charge >= 0.3 is 11.9 Å². The molecule has 0 saturated heterocycles. The topological polar surface area (TPSA) is 63.6 Å². The molecule has 146 valence electrons. The van der Waals surface area contributed by atoms with Gasteiger partial charge in [-0.15, -0.1) is 0 Å². The van der Waals surface area contributed by atoms with Crippen molar-refractivity contribution in [1.82, 2.24) is 0 Å². The van der Waals surface area contributed by atoms with Crippen molar-refractivity contribution in [2.45, 2.75) is 64.5 Å². The molecule has 3 aliphatic rings. The van der Waals surface area contributed by atoms with Crippen molar-refractivity contribution in [3.8, 4) is 0 Å². The van der Waals surface area contributed by atoms with Gasteiger partial charge in [-0.2, -0.15) is 11.8 Å². The Kier molecular flexibility index (Phi) is 5.00. The Bertz CT molecular complexity index is 644. The van der Waals surface area contributed by atoms with Gasteiger partial charge in [0.25, 0.3) is 0 Å². The van der Waals surface area contributed by atoms with Gasteiger partial charge < -0.3 is 9.84 Å². The highest BCUT2D eigenvalue weighted by molar-refractivity contribution is 7.99. The first kappa shape index (κ1) is 19.8. The SMILES string of the molecule is COC(=O)[C@]1(C)CCC[C@@]2(C)C3=CC(SC)[C@@](C)(C(=O)O)C[C@H]3CC[C@H]12. The summed E-state index contributed by atoms with van der Waals surface area (Å²) in [6.45, 7) is 6.30. The molecule has 0 bridgehead atoms. The number of rotatable bonds is 3. The molecular weight excluding hydrogens is 348 g/mol. The average molecular weight is 381 g/mol. The van der Waals surface area contributed by atoms with Crippen molar-refractivity contribution < 1.29 is 19.4 Å². The van der Waals surface area contributed by atoms with E-state index >= 15 is 0 Å². The number of allylic oxidation sites excluding steroid dienone is 1. The second kappa shape index (κ2) is 6.57. The van der Waals surface area contributed by atoms with Crippen LogP contribution in [0.15, 0.2) is 11.6 Å². The lowest BCUT2D eigenvalue weighted by Gasteiger charge is -2.58. The van der Waals surface area contributed by atoms with Crippen LogP contribution in [0.25, 0.3) is 0 Å². The van der Waals surface area contributed by atoms with Gasteiger partial charge in [-0.05, 0) is 69.5 Å². The summed E-state index contributed by atoms with van der Waals surface area (Å²) in [5.74, 6) is -0.182. The third kappa shape index (κ3) is 2.64. The summed E-state index contributed by atoms with van der Waals surface area (Å²) in [6, 6.07) is 0. The molecule has 5 heteroatoms. The van der Waals surface area contributed by atoms with Crippen molar-refractivity contribution in [3.63, 3.8) is 0 Å². The predicted octanol–water partition coefficient (Wildman–Crippen LogP) is 4.53. The summed E-state index contributed by atoms with van der Waals surface area (Å²) in [4.78, 5) is 24.6. The summed E-state index contributed by atoms with van der Waals surface area (Å²) in [5, 5.41) is 9.85. The Morgan fingerprint density at radius 1 is 1.19 bits per heavy atom. The number of carbonyl (C=O) groups is 2. The van der Waals surface area contributed by atoms with E-state index in [-0.39, 0.29) is 22.6 Å². The predicted molar refractivity (Wildman–Crippen MR) is 104 cm³/mol. The minimum Gasteiger partial charge on any atom is -0.481 e. The number of ether oxygens (including phenoxy) is 1. The Morgan fingerprint density at radius 3 is 2.46 bits per heavy atom. The molecule has 6 atom stereocenters. The Morgan fingerprint density at radius 2 is 1.88 bits per heavy atom. The van der Waals surface area contributed by atoms with Gasteiger partial charge in [0, 0.05) is 5.25 Å². The van der Waals surface area contributed by atoms with Crippen molar-refractivity contribution in [3.05, 3.63) is 11.6 Å². The summed E-state index contributed by atoms with van der Waals surface area (Å²) < 4.78 is 5.19. The highest BCUT2D eigenvalue weighted by Crippen LogP contribution is 2.64. The van der Waals surface area contributed by atoms with Crippen LogP contribution in [-0.4, -0.2) is 35.7 Å². The van der Waals surface area contributed by atoms with Gasteiger partial charge in [0.1, 0.15) is 0 Å². The van der Waals surface area contributed by atoms with Crippen LogP contribution in [0.5, 0.6) is 0 Å². The Labute approximate surface area is 161 Å². The highest BCUT2D eigenvalue weighted by atomic mass is 32.2. The van der Waals surface area contributed by atoms with E-state index in [0.29, 0.717) is 12.3 Å². The van der Waals surface area contributed by atoms with Crippen LogP contribution in [0.2, 0.25) is 0 Å². The summed E-state index contributed by atoms with van der Waals surface area (Å²) in [5.41, 5.74) is 0.243. The van der Waals surface area contributed by atoms with E-state index in [1.54, 1.807) is 11.8 Å². The van der Waals surface area contributed by atoms with Gasteiger partial charge in [0.2, 0.25) is 0 Å². The molecule has 2 fully saturated rings. The first-order chi connectivity index (χ1) is 12.1. The van der Waals surface area contributed by atoms with Crippen molar-refractivity contribution >= 4 is 23.7 Å². The number of carboxylic acids is 1. The molecule has 0 heterocycles. The number of carboxylic acid groups (broad SMARTS) is 1. The molecule has 0 radical (unpaired) electrons. The number of hydrogen-bond acceptors (Lipinski definition) is 4. The van der Waals surface area contributed by atoms with Crippen LogP contribution in [0.4, 0.5) is 0 Å². The van der Waals surface area contributed by atoms with Gasteiger partial charge in [-0.25, -0.2) is 0 Å². The maximum atomic E-state index is 12.6. The lowest BCUT2D eigenvalue weighted by Crippen LogP contribution is -2.54. The second-order valence-electron chi connectivity index (χ2n) is 9.21. The second-order valence-corrected chi connectivity index (χ2v) is 10.2. The largest absolute Gasteiger partial charge is 0.481 e. The van der Waals surface area contributed by atoms with Crippen LogP contribution < -0.4 is 0 Å². The van der Waals surface area contributed by atoms with Gasteiger partial charge in [-0.3, -0.25) is 9.59 Å². The smallest absolute Gasteiger partial charge is 0.311 e. The van der Waals surface area contributed by atoms with Gasteiger partial charge in [0.15, 0.2) is 0 Å². The van der Waals surface area contributed by atoms with Crippen LogP contribution in [0.3, 0.4) is 0 Å². The fourth-order valence-corrected chi connectivity index (χ4v) is 7.37. The molecule has 1 unspecified atom stereocenters. The van der Waals surface area contributed by atoms with E-state index < -0.39 is 16.8 Å². The molecule has 3 rings (SSSR count). The third-order valence-electron chi connectivity index (χ3n) is 7.86. The molecule has 0 aromatic carbocycles. The minimum absolute atomic E-state index is 0.0202. The third-order valence-corrected chi connectivity index (χ3v) is 9.02. The Balaban J connectivity index is 2.05. The zero-order valence-corrected chi connectivity index (χ0v) is 17.4. The first-order valence-corrected chi connectivity index (χ1v) is 11.0. The summed E-state index contributed by atoms with van der Waals surface area (Å²) in [6.07, 6.45) is 9.91. The standard InChI is InChI=1S/C21H32O4S/c1-19-9-6-10-20(2,18(24)25-4)15(19)8-7-13-12-21(3,17(22)23)16(26-5)11-14(13)19/h11,13,15-16H,6-10,12H2,1-5H3,(H,22,23)/t13-,15+,16?,19+,20-,21+/m1/s1. The number of fused-ring (bicyclic) bond motifs is 3. The minimum atomic E-state index is -0.711. The van der Waals surface area contributed by atoms with E-state index in [1.807, 2.05) is 13.2 Å². The molecule has 2 saturated carbocycles. The number of methoxy groups -OCH3 is 1.